The summed E-state index contributed by atoms with van der Waals surface area (Å²) in [6.45, 7) is -0.875. The molecule has 11 heteroatoms. The number of para-hydroxylation sites is 1. The van der Waals surface area contributed by atoms with Crippen molar-refractivity contribution in [2.75, 3.05) is 12.3 Å². The zero-order valence-electron chi connectivity index (χ0n) is 27.0. The van der Waals surface area contributed by atoms with E-state index in [0.717, 1.165) is 22.3 Å². The molecule has 0 aliphatic carbocycles. The summed E-state index contributed by atoms with van der Waals surface area (Å²) in [6.07, 6.45) is -0.807. The van der Waals surface area contributed by atoms with E-state index in [4.69, 9.17) is 9.47 Å². The normalized spacial score (nSPS) is 11.5. The molecule has 0 spiro atoms. The molecule has 10 nitrogen and oxygen atoms in total. The number of amides is 2. The number of nitro benzene ring substituents is 1. The molecule has 2 N–H and O–H groups in total. The van der Waals surface area contributed by atoms with Crippen LogP contribution in [-0.2, 0) is 37.0 Å². The summed E-state index contributed by atoms with van der Waals surface area (Å²) >= 11 is 1.46. The van der Waals surface area contributed by atoms with Crippen LogP contribution in [0.15, 0.2) is 146 Å². The van der Waals surface area contributed by atoms with Crippen LogP contribution in [0.1, 0.15) is 27.8 Å². The standard InChI is InChI=1S/C39H35N3O7S/c43-36(48-27-30-17-13-14-24-35(30)42(46)47)25-40-37(44)34(41-38(45)49-26-29-15-5-1-6-16-29)28-50-39(31-18-7-2-8-19-31,32-20-9-3-10-21-32)33-22-11-4-12-23-33/h1-24,34H,25-28H2,(H,40,44)(H,41,45)/t34-/m1/s1. The van der Waals surface area contributed by atoms with Crippen LogP contribution in [0.25, 0.3) is 0 Å². The highest BCUT2D eigenvalue weighted by Gasteiger charge is 2.38. The molecule has 0 fully saturated rings. The van der Waals surface area contributed by atoms with Crippen molar-refractivity contribution in [1.29, 1.82) is 0 Å². The zero-order chi connectivity index (χ0) is 35.2. The van der Waals surface area contributed by atoms with Gasteiger partial charge in [-0.2, -0.15) is 0 Å². The second kappa shape index (κ2) is 17.5. The highest BCUT2D eigenvalue weighted by molar-refractivity contribution is 8.00. The molecule has 0 aromatic heterocycles. The molecule has 0 aliphatic rings. The van der Waals surface area contributed by atoms with Crippen molar-refractivity contribution in [1.82, 2.24) is 10.6 Å². The number of esters is 1. The topological polar surface area (TPSA) is 137 Å². The maximum Gasteiger partial charge on any atom is 0.408 e. The molecule has 0 unspecified atom stereocenters. The Bertz CT molecular complexity index is 1780. The molecule has 1 atom stereocenters. The molecule has 0 aliphatic heterocycles. The number of benzene rings is 5. The van der Waals surface area contributed by atoms with E-state index in [0.29, 0.717) is 0 Å². The van der Waals surface area contributed by atoms with E-state index in [2.05, 4.69) is 10.6 Å². The number of nitrogens with one attached hydrogen (secondary N) is 2. The largest absolute Gasteiger partial charge is 0.459 e. The van der Waals surface area contributed by atoms with Crippen molar-refractivity contribution in [3.63, 3.8) is 0 Å². The zero-order valence-corrected chi connectivity index (χ0v) is 27.8. The van der Waals surface area contributed by atoms with Crippen molar-refractivity contribution >= 4 is 35.4 Å². The van der Waals surface area contributed by atoms with Gasteiger partial charge in [-0.25, -0.2) is 4.79 Å². The van der Waals surface area contributed by atoms with Gasteiger partial charge in [0.2, 0.25) is 5.91 Å². The lowest BCUT2D eigenvalue weighted by atomic mass is 9.84. The third-order valence-electron chi connectivity index (χ3n) is 7.81. The highest BCUT2D eigenvalue weighted by atomic mass is 32.2. The molecule has 0 saturated heterocycles. The Morgan fingerprint density at radius 1 is 0.680 bits per heavy atom. The van der Waals surface area contributed by atoms with Gasteiger partial charge in [-0.3, -0.25) is 19.7 Å². The summed E-state index contributed by atoms with van der Waals surface area (Å²) in [5.74, 6) is -1.36. The Kier molecular flexibility index (Phi) is 12.3. The van der Waals surface area contributed by atoms with Gasteiger partial charge in [0.05, 0.1) is 15.2 Å². The first kappa shape index (κ1) is 35.4. The fourth-order valence-electron chi connectivity index (χ4n) is 5.37. The number of carbonyl (C=O) groups is 3. The first-order valence-corrected chi connectivity index (χ1v) is 16.8. The monoisotopic (exact) mass is 689 g/mol. The van der Waals surface area contributed by atoms with Crippen molar-refractivity contribution < 1.29 is 28.8 Å². The van der Waals surface area contributed by atoms with Gasteiger partial charge in [0, 0.05) is 11.8 Å². The Morgan fingerprint density at radius 3 is 1.72 bits per heavy atom. The van der Waals surface area contributed by atoms with E-state index in [9.17, 15) is 24.5 Å². The number of carbonyl (C=O) groups excluding carboxylic acids is 3. The van der Waals surface area contributed by atoms with E-state index in [1.165, 1.54) is 30.0 Å². The predicted octanol–water partition coefficient (Wildman–Crippen LogP) is 6.77. The number of thioether (sulfide) groups is 1. The Balaban J connectivity index is 1.37. The Hall–Kier alpha value is -5.94. The van der Waals surface area contributed by atoms with Crippen LogP contribution in [0.4, 0.5) is 10.5 Å². The number of alkyl carbamates (subject to hydrolysis) is 1. The minimum absolute atomic E-state index is 0.00587. The van der Waals surface area contributed by atoms with Crippen molar-refractivity contribution in [2.45, 2.75) is 24.0 Å². The van der Waals surface area contributed by atoms with Gasteiger partial charge >= 0.3 is 12.1 Å². The van der Waals surface area contributed by atoms with Crippen molar-refractivity contribution in [2.24, 2.45) is 0 Å². The number of nitrogens with zero attached hydrogens (tertiary/aromatic N) is 1. The summed E-state index contributed by atoms with van der Waals surface area (Å²) in [6, 6.07) is 43.6. The fraction of sp³-hybridized carbons (Fsp3) is 0.154. The summed E-state index contributed by atoms with van der Waals surface area (Å²) < 4.78 is 9.89. The number of rotatable bonds is 15. The van der Waals surface area contributed by atoms with Gasteiger partial charge in [0.1, 0.15) is 25.8 Å². The first-order chi connectivity index (χ1) is 24.4. The minimum Gasteiger partial charge on any atom is -0.459 e. The van der Waals surface area contributed by atoms with Crippen LogP contribution in [0.5, 0.6) is 0 Å². The van der Waals surface area contributed by atoms with E-state index >= 15 is 0 Å². The molecule has 254 valence electrons. The summed E-state index contributed by atoms with van der Waals surface area (Å²) in [5.41, 5.74) is 3.70. The second-order valence-corrected chi connectivity index (χ2v) is 12.3. The lowest BCUT2D eigenvalue weighted by Gasteiger charge is -2.36. The number of nitro groups is 1. The van der Waals surface area contributed by atoms with E-state index in [1.807, 2.05) is 121 Å². The highest BCUT2D eigenvalue weighted by Crippen LogP contribution is 2.48. The molecule has 5 aromatic rings. The number of hydrogen-bond donors (Lipinski definition) is 2. The van der Waals surface area contributed by atoms with Gasteiger partial charge in [-0.1, -0.05) is 133 Å². The Labute approximate surface area is 294 Å². The molecular weight excluding hydrogens is 655 g/mol. The SMILES string of the molecule is O=C(CNC(=O)[C@@H](CSC(c1ccccc1)(c1ccccc1)c1ccccc1)NC(=O)OCc1ccccc1)OCc1ccccc1[N+](=O)[O-]. The molecule has 5 rings (SSSR count). The van der Waals surface area contributed by atoms with Crippen LogP contribution >= 0.6 is 11.8 Å². The molecular formula is C39H35N3O7S. The molecule has 5 aromatic carbocycles. The van der Waals surface area contributed by atoms with Crippen molar-refractivity contribution in [3.05, 3.63) is 184 Å². The maximum absolute atomic E-state index is 13.7. The summed E-state index contributed by atoms with van der Waals surface area (Å²) in [5, 5.41) is 16.6. The first-order valence-electron chi connectivity index (χ1n) is 15.8. The van der Waals surface area contributed by atoms with Crippen LogP contribution < -0.4 is 10.6 Å². The average Bonchev–Trinajstić information content (AvgIpc) is 3.16. The van der Waals surface area contributed by atoms with Crippen LogP contribution in [0.2, 0.25) is 0 Å². The maximum atomic E-state index is 13.7. The predicted molar refractivity (Wildman–Crippen MR) is 191 cm³/mol. The van der Waals surface area contributed by atoms with Crippen LogP contribution in [0, 0.1) is 10.1 Å². The minimum atomic E-state index is -1.14. The van der Waals surface area contributed by atoms with Crippen LogP contribution in [0.3, 0.4) is 0 Å². The molecule has 0 saturated carbocycles. The summed E-state index contributed by atoms with van der Waals surface area (Å²) in [4.78, 5) is 50.2. The smallest absolute Gasteiger partial charge is 0.408 e. The fourth-order valence-corrected chi connectivity index (χ4v) is 6.93. The molecule has 0 radical (unpaired) electrons. The molecule has 50 heavy (non-hydrogen) atoms. The van der Waals surface area contributed by atoms with Gasteiger partial charge in [-0.05, 0) is 28.3 Å². The summed E-state index contributed by atoms with van der Waals surface area (Å²) in [7, 11) is 0. The molecule has 0 heterocycles. The lowest BCUT2D eigenvalue weighted by molar-refractivity contribution is -0.385. The quantitative estimate of drug-likeness (QED) is 0.0532. The number of ether oxygens (including phenoxy) is 2. The number of hydrogen-bond acceptors (Lipinski definition) is 8. The van der Waals surface area contributed by atoms with Gasteiger partial charge in [-0.15, -0.1) is 11.8 Å². The van der Waals surface area contributed by atoms with Gasteiger partial charge in [0.25, 0.3) is 5.69 Å². The second-order valence-electron chi connectivity index (χ2n) is 11.1. The molecule has 2 amide bonds. The van der Waals surface area contributed by atoms with Gasteiger partial charge < -0.3 is 20.1 Å². The van der Waals surface area contributed by atoms with E-state index in [1.54, 1.807) is 6.07 Å². The molecule has 0 bridgehead atoms. The average molecular weight is 690 g/mol. The van der Waals surface area contributed by atoms with E-state index in [-0.39, 0.29) is 30.2 Å². The van der Waals surface area contributed by atoms with E-state index < -0.39 is 40.2 Å². The van der Waals surface area contributed by atoms with Crippen molar-refractivity contribution in [3.8, 4) is 0 Å². The Morgan fingerprint density at radius 2 is 1.18 bits per heavy atom. The lowest BCUT2D eigenvalue weighted by Crippen LogP contribution is -2.50. The van der Waals surface area contributed by atoms with Gasteiger partial charge in [0.15, 0.2) is 0 Å². The third-order valence-corrected chi connectivity index (χ3v) is 9.45. The van der Waals surface area contributed by atoms with Crippen LogP contribution in [-0.4, -0.2) is 41.2 Å². The third kappa shape index (κ3) is 9.14.